The van der Waals surface area contributed by atoms with Crippen molar-refractivity contribution in [1.29, 1.82) is 0 Å². The molecule has 1 heterocycles. The molecule has 0 saturated carbocycles. The molecule has 112 valence electrons. The number of nitrogens with zero attached hydrogens (tertiary/aromatic N) is 2. The Morgan fingerprint density at radius 1 is 1.48 bits per heavy atom. The lowest BCUT2D eigenvalue weighted by Crippen LogP contribution is -2.06. The van der Waals surface area contributed by atoms with Gasteiger partial charge in [0.25, 0.3) is 0 Å². The molecule has 0 radical (unpaired) electrons. The summed E-state index contributed by atoms with van der Waals surface area (Å²) in [6, 6.07) is 4.36. The highest BCUT2D eigenvalue weighted by Gasteiger charge is 2.24. The monoisotopic (exact) mass is 374 g/mol. The van der Waals surface area contributed by atoms with Gasteiger partial charge in [-0.15, -0.1) is 0 Å². The van der Waals surface area contributed by atoms with Crippen molar-refractivity contribution in [1.82, 2.24) is 9.78 Å². The Bertz CT molecular complexity index is 701. The van der Waals surface area contributed by atoms with Crippen LogP contribution < -0.4 is 0 Å². The van der Waals surface area contributed by atoms with Crippen LogP contribution in [0.15, 0.2) is 22.7 Å². The number of hydrogen-bond acceptors (Lipinski definition) is 3. The average molecular weight is 376 g/mol. The van der Waals surface area contributed by atoms with Crippen LogP contribution in [-0.2, 0) is 4.74 Å². The van der Waals surface area contributed by atoms with Gasteiger partial charge in [0.05, 0.1) is 28.0 Å². The van der Waals surface area contributed by atoms with Gasteiger partial charge in [0.2, 0.25) is 0 Å². The summed E-state index contributed by atoms with van der Waals surface area (Å²) in [4.78, 5) is 11.8. The number of ether oxygens (including phenoxy) is 1. The van der Waals surface area contributed by atoms with Crippen molar-refractivity contribution < 1.29 is 13.9 Å². The summed E-state index contributed by atoms with van der Waals surface area (Å²) < 4.78 is 20.4. The van der Waals surface area contributed by atoms with E-state index in [2.05, 4.69) is 21.0 Å². The quantitative estimate of drug-likeness (QED) is 0.750. The first kappa shape index (κ1) is 16.0. The first-order valence-electron chi connectivity index (χ1n) is 6.19. The standard InChI is InChI=1S/C14H13BrClFN2O2/c1-7(2)13-11(15)12(14(20)21-3)18-19(13)8-4-5-9(16)10(17)6-8/h4-7H,1-3H3. The number of halogens is 3. The Balaban J connectivity index is 2.67. The maximum absolute atomic E-state index is 13.7. The molecule has 21 heavy (non-hydrogen) atoms. The molecule has 1 aromatic carbocycles. The van der Waals surface area contributed by atoms with Gasteiger partial charge in [-0.1, -0.05) is 25.4 Å². The summed E-state index contributed by atoms with van der Waals surface area (Å²) in [6.07, 6.45) is 0. The Kier molecular flexibility index (Phi) is 4.68. The number of hydrogen-bond donors (Lipinski definition) is 0. The van der Waals surface area contributed by atoms with E-state index in [1.165, 1.54) is 23.9 Å². The van der Waals surface area contributed by atoms with Crippen molar-refractivity contribution in [2.75, 3.05) is 7.11 Å². The first-order chi connectivity index (χ1) is 9.86. The molecular formula is C14H13BrClFN2O2. The molecule has 2 rings (SSSR count). The first-order valence-corrected chi connectivity index (χ1v) is 7.36. The molecule has 2 aromatic rings. The molecule has 0 spiro atoms. The molecule has 4 nitrogen and oxygen atoms in total. The minimum absolute atomic E-state index is 0.0317. The topological polar surface area (TPSA) is 44.1 Å². The van der Waals surface area contributed by atoms with Gasteiger partial charge in [0, 0.05) is 6.07 Å². The fraction of sp³-hybridized carbons (Fsp3) is 0.286. The zero-order valence-corrected chi connectivity index (χ0v) is 14.0. The zero-order chi connectivity index (χ0) is 15.7. The molecule has 0 atom stereocenters. The minimum atomic E-state index is -0.558. The van der Waals surface area contributed by atoms with E-state index in [4.69, 9.17) is 16.3 Å². The van der Waals surface area contributed by atoms with Gasteiger partial charge in [-0.05, 0) is 34.0 Å². The highest BCUT2D eigenvalue weighted by Crippen LogP contribution is 2.31. The van der Waals surface area contributed by atoms with Crippen LogP contribution in [0.2, 0.25) is 5.02 Å². The highest BCUT2D eigenvalue weighted by atomic mass is 79.9. The third-order valence-electron chi connectivity index (χ3n) is 2.93. The third-order valence-corrected chi connectivity index (χ3v) is 4.02. The fourth-order valence-electron chi connectivity index (χ4n) is 1.95. The Labute approximate surface area is 135 Å². The molecule has 0 bridgehead atoms. The van der Waals surface area contributed by atoms with Crippen LogP contribution in [-0.4, -0.2) is 22.9 Å². The number of aromatic nitrogens is 2. The van der Waals surface area contributed by atoms with Crippen LogP contribution in [0.1, 0.15) is 35.9 Å². The minimum Gasteiger partial charge on any atom is -0.464 e. The lowest BCUT2D eigenvalue weighted by Gasteiger charge is -2.11. The van der Waals surface area contributed by atoms with E-state index in [0.29, 0.717) is 10.2 Å². The van der Waals surface area contributed by atoms with Gasteiger partial charge in [0.1, 0.15) is 5.82 Å². The van der Waals surface area contributed by atoms with Crippen LogP contribution >= 0.6 is 27.5 Å². The fourth-order valence-corrected chi connectivity index (χ4v) is 2.94. The average Bonchev–Trinajstić information content (AvgIpc) is 2.78. The van der Waals surface area contributed by atoms with Gasteiger partial charge in [-0.25, -0.2) is 13.9 Å². The summed E-state index contributed by atoms with van der Waals surface area (Å²) in [5, 5.41) is 4.26. The maximum Gasteiger partial charge on any atom is 0.359 e. The lowest BCUT2D eigenvalue weighted by atomic mass is 10.1. The molecule has 7 heteroatoms. The Hall–Kier alpha value is -1.40. The van der Waals surface area contributed by atoms with E-state index >= 15 is 0 Å². The zero-order valence-electron chi connectivity index (χ0n) is 11.7. The Morgan fingerprint density at radius 3 is 2.67 bits per heavy atom. The van der Waals surface area contributed by atoms with Crippen molar-refractivity contribution >= 4 is 33.5 Å². The molecule has 0 saturated heterocycles. The van der Waals surface area contributed by atoms with Crippen LogP contribution in [0.5, 0.6) is 0 Å². The van der Waals surface area contributed by atoms with Crippen LogP contribution in [0.3, 0.4) is 0 Å². The predicted octanol–water partition coefficient (Wildman–Crippen LogP) is 4.34. The number of rotatable bonds is 3. The van der Waals surface area contributed by atoms with Gasteiger partial charge >= 0.3 is 5.97 Å². The van der Waals surface area contributed by atoms with E-state index in [9.17, 15) is 9.18 Å². The number of carbonyl (C=O) groups is 1. The van der Waals surface area contributed by atoms with E-state index in [1.54, 1.807) is 6.07 Å². The van der Waals surface area contributed by atoms with Crippen LogP contribution in [0.25, 0.3) is 5.69 Å². The summed E-state index contributed by atoms with van der Waals surface area (Å²) in [7, 11) is 1.28. The molecule has 0 N–H and O–H groups in total. The molecule has 0 aliphatic rings. The smallest absolute Gasteiger partial charge is 0.359 e. The van der Waals surface area contributed by atoms with Crippen molar-refractivity contribution in [3.8, 4) is 5.69 Å². The van der Waals surface area contributed by atoms with Crippen molar-refractivity contribution in [2.24, 2.45) is 0 Å². The van der Waals surface area contributed by atoms with Crippen molar-refractivity contribution in [3.05, 3.63) is 44.9 Å². The molecule has 0 amide bonds. The van der Waals surface area contributed by atoms with Crippen LogP contribution in [0, 0.1) is 5.82 Å². The number of carbonyl (C=O) groups excluding carboxylic acids is 1. The lowest BCUT2D eigenvalue weighted by molar-refractivity contribution is 0.0592. The van der Waals surface area contributed by atoms with Crippen LogP contribution in [0.4, 0.5) is 4.39 Å². The molecular weight excluding hydrogens is 363 g/mol. The summed E-state index contributed by atoms with van der Waals surface area (Å²) in [5.74, 6) is -1.05. The normalized spacial score (nSPS) is 11.0. The summed E-state index contributed by atoms with van der Waals surface area (Å²) in [6.45, 7) is 3.90. The highest BCUT2D eigenvalue weighted by molar-refractivity contribution is 9.10. The van der Waals surface area contributed by atoms with E-state index in [-0.39, 0.29) is 16.6 Å². The van der Waals surface area contributed by atoms with E-state index < -0.39 is 11.8 Å². The molecule has 0 aliphatic carbocycles. The number of methoxy groups -OCH3 is 1. The molecule has 0 fully saturated rings. The maximum atomic E-state index is 13.7. The van der Waals surface area contributed by atoms with Gasteiger partial charge in [-0.2, -0.15) is 5.10 Å². The van der Waals surface area contributed by atoms with Gasteiger partial charge in [-0.3, -0.25) is 0 Å². The number of benzene rings is 1. The van der Waals surface area contributed by atoms with Crippen molar-refractivity contribution in [2.45, 2.75) is 19.8 Å². The largest absolute Gasteiger partial charge is 0.464 e. The molecule has 1 aromatic heterocycles. The summed E-state index contributed by atoms with van der Waals surface area (Å²) >= 11 is 9.06. The van der Waals surface area contributed by atoms with E-state index in [1.807, 2.05) is 13.8 Å². The number of esters is 1. The van der Waals surface area contributed by atoms with Gasteiger partial charge < -0.3 is 4.74 Å². The second-order valence-corrected chi connectivity index (χ2v) is 5.90. The van der Waals surface area contributed by atoms with Gasteiger partial charge in [0.15, 0.2) is 5.69 Å². The molecule has 0 aliphatic heterocycles. The van der Waals surface area contributed by atoms with Crippen molar-refractivity contribution in [3.63, 3.8) is 0 Å². The molecule has 0 unspecified atom stereocenters. The predicted molar refractivity (Wildman–Crippen MR) is 81.7 cm³/mol. The second-order valence-electron chi connectivity index (χ2n) is 4.70. The SMILES string of the molecule is COC(=O)c1nn(-c2ccc(Cl)c(F)c2)c(C(C)C)c1Br. The third kappa shape index (κ3) is 2.96. The van der Waals surface area contributed by atoms with E-state index in [0.717, 1.165) is 5.69 Å². The second kappa shape index (κ2) is 6.15. The summed E-state index contributed by atoms with van der Waals surface area (Å²) in [5.41, 5.74) is 1.38. The Morgan fingerprint density at radius 2 is 2.14 bits per heavy atom.